The number of nitrogens with one attached hydrogen (secondary N) is 1. The van der Waals surface area contributed by atoms with E-state index in [2.05, 4.69) is 24.4 Å². The molecule has 108 valence electrons. The zero-order valence-corrected chi connectivity index (χ0v) is 12.1. The van der Waals surface area contributed by atoms with Gasteiger partial charge in [-0.15, -0.1) is 0 Å². The Labute approximate surface area is 119 Å². The lowest BCUT2D eigenvalue weighted by Gasteiger charge is -2.25. The molecular formula is C15H20N2O3. The number of hydrogen-bond acceptors (Lipinski definition) is 4. The fourth-order valence-electron chi connectivity index (χ4n) is 1.77. The average molecular weight is 276 g/mol. The highest BCUT2D eigenvalue weighted by Crippen LogP contribution is 2.30. The Morgan fingerprint density at radius 3 is 2.85 bits per heavy atom. The first kappa shape index (κ1) is 14.4. The summed E-state index contributed by atoms with van der Waals surface area (Å²) in [4.78, 5) is 12.0. The third kappa shape index (κ3) is 3.29. The minimum atomic E-state index is -0.668. The second-order valence-corrected chi connectivity index (χ2v) is 4.90. The second kappa shape index (κ2) is 6.41. The van der Waals surface area contributed by atoms with Crippen molar-refractivity contribution in [3.8, 4) is 11.5 Å². The number of carbonyl (C=O) groups excluding carboxylic acids is 1. The van der Waals surface area contributed by atoms with Crippen LogP contribution in [0.3, 0.4) is 0 Å². The number of nitrogens with zero attached hydrogens (tertiary/aromatic N) is 1. The number of ether oxygens (including phenoxy) is 2. The van der Waals surface area contributed by atoms with E-state index >= 15 is 0 Å². The number of benzene rings is 1. The summed E-state index contributed by atoms with van der Waals surface area (Å²) in [7, 11) is 0. The third-order valence-electron chi connectivity index (χ3n) is 3.47. The maximum Gasteiger partial charge on any atom is 0.284 e. The minimum absolute atomic E-state index is 0.195. The van der Waals surface area contributed by atoms with Gasteiger partial charge in [0, 0.05) is 5.71 Å². The Kier molecular flexibility index (Phi) is 4.61. The summed E-state index contributed by atoms with van der Waals surface area (Å²) in [5.74, 6) is 1.30. The maximum atomic E-state index is 12.0. The van der Waals surface area contributed by atoms with Gasteiger partial charge in [0.1, 0.15) is 6.61 Å². The van der Waals surface area contributed by atoms with Gasteiger partial charge in [-0.3, -0.25) is 4.79 Å². The normalized spacial score (nSPS) is 19.4. The fourth-order valence-corrected chi connectivity index (χ4v) is 1.77. The highest BCUT2D eigenvalue weighted by atomic mass is 16.6. The van der Waals surface area contributed by atoms with E-state index in [4.69, 9.17) is 9.47 Å². The van der Waals surface area contributed by atoms with Crippen LogP contribution >= 0.6 is 0 Å². The van der Waals surface area contributed by atoms with Crippen molar-refractivity contribution in [2.45, 2.75) is 33.3 Å². The largest absolute Gasteiger partial charge is 0.485 e. The van der Waals surface area contributed by atoms with E-state index in [0.717, 1.165) is 12.1 Å². The van der Waals surface area contributed by atoms with Crippen LogP contribution in [0, 0.1) is 5.92 Å². The quantitative estimate of drug-likeness (QED) is 0.678. The van der Waals surface area contributed by atoms with Gasteiger partial charge in [-0.05, 0) is 31.4 Å². The van der Waals surface area contributed by atoms with Crippen molar-refractivity contribution in [2.75, 3.05) is 6.61 Å². The minimum Gasteiger partial charge on any atom is -0.485 e. The van der Waals surface area contributed by atoms with E-state index in [1.54, 1.807) is 6.07 Å². The summed E-state index contributed by atoms with van der Waals surface area (Å²) < 4.78 is 11.1. The van der Waals surface area contributed by atoms with Crippen LogP contribution in [0.2, 0.25) is 0 Å². The summed E-state index contributed by atoms with van der Waals surface area (Å²) in [6.07, 6.45) is 0.320. The number of para-hydroxylation sites is 2. The third-order valence-corrected chi connectivity index (χ3v) is 3.47. The second-order valence-electron chi connectivity index (χ2n) is 4.90. The number of hydrazone groups is 1. The topological polar surface area (TPSA) is 59.9 Å². The smallest absolute Gasteiger partial charge is 0.284 e. The van der Waals surface area contributed by atoms with Crippen LogP contribution in [-0.4, -0.2) is 24.3 Å². The standard InChI is InChI=1S/C15H20N2O3/c1-4-10(2)11(3)16-17-15(18)14-9-19-12-7-5-6-8-13(12)20-14/h5-8,10,14H,4,9H2,1-3H3,(H,17,18). The summed E-state index contributed by atoms with van der Waals surface area (Å²) >= 11 is 0. The van der Waals surface area contributed by atoms with E-state index in [9.17, 15) is 4.79 Å². The molecule has 0 aliphatic carbocycles. The molecule has 1 aromatic carbocycles. The van der Waals surface area contributed by atoms with Crippen molar-refractivity contribution in [2.24, 2.45) is 11.0 Å². The summed E-state index contributed by atoms with van der Waals surface area (Å²) in [6, 6.07) is 7.30. The van der Waals surface area contributed by atoms with Gasteiger partial charge in [0.15, 0.2) is 11.5 Å². The lowest BCUT2D eigenvalue weighted by molar-refractivity contribution is -0.130. The molecule has 1 heterocycles. The molecule has 2 unspecified atom stereocenters. The Morgan fingerprint density at radius 2 is 2.15 bits per heavy atom. The van der Waals surface area contributed by atoms with E-state index in [1.165, 1.54) is 0 Å². The Balaban J connectivity index is 1.95. The first-order valence-electron chi connectivity index (χ1n) is 6.84. The molecule has 1 amide bonds. The van der Waals surface area contributed by atoms with Crippen LogP contribution in [0.25, 0.3) is 0 Å². The predicted molar refractivity (Wildman–Crippen MR) is 77.1 cm³/mol. The van der Waals surface area contributed by atoms with E-state index in [0.29, 0.717) is 17.4 Å². The molecule has 5 nitrogen and oxygen atoms in total. The van der Waals surface area contributed by atoms with Crippen LogP contribution in [0.15, 0.2) is 29.4 Å². The zero-order valence-electron chi connectivity index (χ0n) is 12.1. The van der Waals surface area contributed by atoms with Crippen LogP contribution in [0.4, 0.5) is 0 Å². The number of amides is 1. The molecule has 1 aliphatic heterocycles. The molecule has 5 heteroatoms. The molecule has 0 aromatic heterocycles. The molecule has 0 fully saturated rings. The van der Waals surface area contributed by atoms with Gasteiger partial charge < -0.3 is 9.47 Å². The van der Waals surface area contributed by atoms with E-state index in [-0.39, 0.29) is 12.5 Å². The molecule has 0 saturated carbocycles. The van der Waals surface area contributed by atoms with Crippen LogP contribution in [0.5, 0.6) is 11.5 Å². The summed E-state index contributed by atoms with van der Waals surface area (Å²) in [5, 5.41) is 4.11. The molecule has 20 heavy (non-hydrogen) atoms. The van der Waals surface area contributed by atoms with Gasteiger partial charge in [-0.1, -0.05) is 26.0 Å². The zero-order chi connectivity index (χ0) is 14.5. The maximum absolute atomic E-state index is 12.0. The monoisotopic (exact) mass is 276 g/mol. The van der Waals surface area contributed by atoms with Crippen molar-refractivity contribution < 1.29 is 14.3 Å². The van der Waals surface area contributed by atoms with Gasteiger partial charge >= 0.3 is 0 Å². The highest BCUT2D eigenvalue weighted by molar-refractivity contribution is 5.87. The van der Waals surface area contributed by atoms with Crippen molar-refractivity contribution in [1.82, 2.24) is 5.43 Å². The summed E-state index contributed by atoms with van der Waals surface area (Å²) in [6.45, 7) is 6.25. The Bertz CT molecular complexity index is 514. The molecule has 0 spiro atoms. The number of carbonyl (C=O) groups is 1. The first-order valence-corrected chi connectivity index (χ1v) is 6.84. The lowest BCUT2D eigenvalue weighted by Crippen LogP contribution is -2.42. The van der Waals surface area contributed by atoms with Gasteiger partial charge in [0.25, 0.3) is 5.91 Å². The van der Waals surface area contributed by atoms with Gasteiger partial charge in [0.05, 0.1) is 0 Å². The molecule has 0 radical (unpaired) electrons. The van der Waals surface area contributed by atoms with E-state index < -0.39 is 6.10 Å². The number of hydrogen-bond donors (Lipinski definition) is 1. The SMILES string of the molecule is CCC(C)C(C)=NNC(=O)C1COc2ccccc2O1. The van der Waals surface area contributed by atoms with Crippen molar-refractivity contribution in [1.29, 1.82) is 0 Å². The van der Waals surface area contributed by atoms with Crippen LogP contribution in [-0.2, 0) is 4.79 Å². The average Bonchev–Trinajstić information content (AvgIpc) is 2.50. The van der Waals surface area contributed by atoms with Gasteiger partial charge in [0.2, 0.25) is 6.10 Å². The molecule has 2 atom stereocenters. The number of fused-ring (bicyclic) bond motifs is 1. The van der Waals surface area contributed by atoms with Gasteiger partial charge in [-0.2, -0.15) is 5.10 Å². The fraction of sp³-hybridized carbons (Fsp3) is 0.467. The summed E-state index contributed by atoms with van der Waals surface area (Å²) in [5.41, 5.74) is 3.44. The predicted octanol–water partition coefficient (Wildman–Crippen LogP) is 2.36. The molecule has 2 rings (SSSR count). The molecular weight excluding hydrogens is 256 g/mol. The molecule has 1 aliphatic rings. The van der Waals surface area contributed by atoms with Crippen molar-refractivity contribution in [3.63, 3.8) is 0 Å². The first-order chi connectivity index (χ1) is 9.61. The van der Waals surface area contributed by atoms with E-state index in [1.807, 2.05) is 25.1 Å². The molecule has 0 saturated heterocycles. The van der Waals surface area contributed by atoms with Crippen LogP contribution < -0.4 is 14.9 Å². The lowest BCUT2D eigenvalue weighted by atomic mass is 10.1. The molecule has 1 N–H and O–H groups in total. The highest BCUT2D eigenvalue weighted by Gasteiger charge is 2.27. The Hall–Kier alpha value is -2.04. The van der Waals surface area contributed by atoms with Crippen molar-refractivity contribution >= 4 is 11.6 Å². The number of rotatable bonds is 4. The molecule has 1 aromatic rings. The van der Waals surface area contributed by atoms with Crippen molar-refractivity contribution in [3.05, 3.63) is 24.3 Å². The van der Waals surface area contributed by atoms with Crippen LogP contribution in [0.1, 0.15) is 27.2 Å². The Morgan fingerprint density at radius 1 is 1.45 bits per heavy atom. The van der Waals surface area contributed by atoms with Gasteiger partial charge in [-0.25, -0.2) is 5.43 Å². The molecule has 0 bridgehead atoms.